The molecule has 0 atom stereocenters. The molecule has 7 aromatic rings. The quantitative estimate of drug-likeness (QED) is 0.0922. The molecule has 0 fully saturated rings. The van der Waals surface area contributed by atoms with E-state index in [2.05, 4.69) is 5.92 Å². The molecule has 0 heterocycles. The molecule has 0 spiro atoms. The number of hydrogen-bond acceptors (Lipinski definition) is 5. The molecule has 0 bridgehead atoms. The van der Waals surface area contributed by atoms with Gasteiger partial charge in [-0.1, -0.05) is 145 Å². The van der Waals surface area contributed by atoms with Gasteiger partial charge in [0.25, 0.3) is 11.8 Å². The molecule has 4 amide bonds. The number of ether oxygens (including phenoxy) is 1. The maximum absolute atomic E-state index is 15.5. The van der Waals surface area contributed by atoms with Gasteiger partial charge >= 0.3 is 12.2 Å². The second kappa shape index (κ2) is 19.0. The third kappa shape index (κ3) is 9.23. The van der Waals surface area contributed by atoms with Crippen LogP contribution >= 0.6 is 0 Å². The summed E-state index contributed by atoms with van der Waals surface area (Å²) in [4.78, 5) is 60.7. The third-order valence-corrected chi connectivity index (χ3v) is 12.8. The summed E-state index contributed by atoms with van der Waals surface area (Å²) in [6.45, 7) is 12.7. The Morgan fingerprint density at radius 2 is 0.824 bits per heavy atom. The molecule has 0 unspecified atom stereocenters. The number of nitrogens with zero attached hydrogens (tertiary/aromatic N) is 4. The first-order valence-corrected chi connectivity index (χ1v) is 22.6. The summed E-state index contributed by atoms with van der Waals surface area (Å²) in [5.41, 5.74) is 4.18. The Morgan fingerprint density at radius 3 is 1.10 bits per heavy atom. The first kappa shape index (κ1) is 48.4. The Morgan fingerprint density at radius 1 is 0.515 bits per heavy atom. The number of carbonyl (C=O) groups excluding carboxylic acids is 2. The lowest BCUT2D eigenvalue weighted by Gasteiger charge is -2.34. The molecule has 0 aliphatic heterocycles. The van der Waals surface area contributed by atoms with Crippen LogP contribution in [0, 0.1) is 12.3 Å². The highest BCUT2D eigenvalue weighted by Crippen LogP contribution is 2.45. The minimum Gasteiger partial charge on any atom is -0.480 e. The molecular weight excluding hydrogens is 853 g/mol. The topological polar surface area (TPSA) is 131 Å². The van der Waals surface area contributed by atoms with Gasteiger partial charge in [-0.25, -0.2) is 9.59 Å². The van der Waals surface area contributed by atoms with Crippen LogP contribution in [0.3, 0.4) is 0 Å². The van der Waals surface area contributed by atoms with Gasteiger partial charge in [-0.3, -0.25) is 9.59 Å². The van der Waals surface area contributed by atoms with Crippen LogP contribution in [0.25, 0.3) is 43.1 Å². The maximum Gasteiger partial charge on any atom is 0.407 e. The third-order valence-electron chi connectivity index (χ3n) is 12.8. The molecule has 7 rings (SSSR count). The van der Waals surface area contributed by atoms with Gasteiger partial charge in [0.05, 0.1) is 11.1 Å². The van der Waals surface area contributed by atoms with Crippen LogP contribution in [0.5, 0.6) is 5.75 Å². The highest BCUT2D eigenvalue weighted by molar-refractivity contribution is 6.09. The van der Waals surface area contributed by atoms with E-state index in [1.165, 1.54) is 9.80 Å². The van der Waals surface area contributed by atoms with E-state index >= 15 is 9.59 Å². The second-order valence-electron chi connectivity index (χ2n) is 19.7. The number of fused-ring (bicyclic) bond motifs is 4. The largest absolute Gasteiger partial charge is 0.480 e. The summed E-state index contributed by atoms with van der Waals surface area (Å²) in [5, 5.41) is 26.9. The first-order valence-electron chi connectivity index (χ1n) is 22.6. The molecule has 2 N–H and O–H groups in total. The molecule has 350 valence electrons. The van der Waals surface area contributed by atoms with Crippen LogP contribution in [0.15, 0.2) is 103 Å². The zero-order valence-electron chi connectivity index (χ0n) is 40.7. The predicted molar refractivity (Wildman–Crippen MR) is 272 cm³/mol. The Kier molecular flexibility index (Phi) is 13.5. The lowest BCUT2D eigenvalue weighted by Crippen LogP contribution is -2.35. The molecule has 0 radical (unpaired) electrons. The average molecular weight is 913 g/mol. The number of amides is 4. The summed E-state index contributed by atoms with van der Waals surface area (Å²) >= 11 is 0. The van der Waals surface area contributed by atoms with E-state index in [1.807, 2.05) is 139 Å². The Labute approximate surface area is 398 Å². The molecule has 0 saturated heterocycles. The van der Waals surface area contributed by atoms with Crippen LogP contribution in [0.2, 0.25) is 0 Å². The van der Waals surface area contributed by atoms with Crippen molar-refractivity contribution >= 4 is 67.1 Å². The molecule has 0 saturated carbocycles. The highest BCUT2D eigenvalue weighted by atomic mass is 16.5. The van der Waals surface area contributed by atoms with Crippen molar-refractivity contribution in [2.24, 2.45) is 0 Å². The van der Waals surface area contributed by atoms with Crippen molar-refractivity contribution < 1.29 is 34.1 Å². The SMILES string of the molecule is C#CCOc1c(C(=O)N(C)Cc2c3ccccc3c(CN(C)C(=O)O)c3ccccc23)cc(C(C)(C)C)c(C(=O)N(C)Cc2c3ccccc3c(CN(C)C(=O)O)c3ccccc23)c1C(C)(C)C. The Bertz CT molecular complexity index is 3080. The maximum atomic E-state index is 15.5. The zero-order chi connectivity index (χ0) is 49.4. The minimum atomic E-state index is -1.03. The Hall–Kier alpha value is -7.58. The van der Waals surface area contributed by atoms with Gasteiger partial charge in [0.15, 0.2) is 0 Å². The van der Waals surface area contributed by atoms with E-state index in [-0.39, 0.29) is 55.9 Å². The number of carboxylic acid groups (broad SMARTS) is 2. The normalized spacial score (nSPS) is 11.7. The molecule has 7 aromatic carbocycles. The summed E-state index contributed by atoms with van der Waals surface area (Å²) in [6.07, 6.45) is 3.79. The van der Waals surface area contributed by atoms with Gasteiger partial charge in [-0.2, -0.15) is 0 Å². The van der Waals surface area contributed by atoms with E-state index in [4.69, 9.17) is 11.2 Å². The number of hydrogen-bond donors (Lipinski definition) is 2. The average Bonchev–Trinajstić information content (AvgIpc) is 3.30. The Balaban J connectivity index is 1.37. The van der Waals surface area contributed by atoms with E-state index in [1.54, 1.807) is 44.1 Å². The summed E-state index contributed by atoms with van der Waals surface area (Å²) in [5.74, 6) is 2.25. The lowest BCUT2D eigenvalue weighted by molar-refractivity contribution is 0.0766. The van der Waals surface area contributed by atoms with Crippen LogP contribution in [-0.2, 0) is 37.0 Å². The van der Waals surface area contributed by atoms with E-state index in [0.717, 1.165) is 65.3 Å². The predicted octanol–water partition coefficient (Wildman–Crippen LogP) is 11.7. The fourth-order valence-corrected chi connectivity index (χ4v) is 9.54. The van der Waals surface area contributed by atoms with Crippen LogP contribution < -0.4 is 4.74 Å². The van der Waals surface area contributed by atoms with Gasteiger partial charge in [0.2, 0.25) is 0 Å². The summed E-state index contributed by atoms with van der Waals surface area (Å²) in [7, 11) is 6.64. The molecule has 0 aliphatic rings. The van der Waals surface area contributed by atoms with Gasteiger partial charge in [-0.05, 0) is 87.8 Å². The molecule has 0 aromatic heterocycles. The van der Waals surface area contributed by atoms with Crippen molar-refractivity contribution in [2.75, 3.05) is 34.8 Å². The van der Waals surface area contributed by atoms with Crippen LogP contribution in [-0.4, -0.2) is 88.6 Å². The molecule has 11 nitrogen and oxygen atoms in total. The van der Waals surface area contributed by atoms with Crippen LogP contribution in [0.1, 0.15) is 95.6 Å². The van der Waals surface area contributed by atoms with E-state index < -0.39 is 23.0 Å². The van der Waals surface area contributed by atoms with Crippen molar-refractivity contribution in [1.29, 1.82) is 0 Å². The summed E-state index contributed by atoms with van der Waals surface area (Å²) in [6, 6.07) is 33.3. The van der Waals surface area contributed by atoms with Crippen molar-refractivity contribution in [1.82, 2.24) is 19.6 Å². The number of benzene rings is 7. The van der Waals surface area contributed by atoms with Gasteiger partial charge in [0.1, 0.15) is 12.4 Å². The smallest absolute Gasteiger partial charge is 0.407 e. The van der Waals surface area contributed by atoms with Crippen molar-refractivity contribution in [3.63, 3.8) is 0 Å². The molecular formula is C57H60N4O7. The standard InChI is InChI=1S/C57H60N4O7/c1-12-29-68-51-43(52(62)58(8)31-44-35-21-13-17-25-39(35)46(33-60(10)54(64)65)40-26-18-14-22-36(40)44)30-48(56(2,3)4)49(50(51)57(5,6)7)53(63)59(9)32-45-37-23-15-19-27-41(37)47(34-61(11)55(66)67)42-28-20-16-24-38(42)45/h1,13-28,30H,29,31-34H2,2-11H3,(H,64,65)(H,66,67). The fraction of sp³-hybridized carbons (Fsp3) is 0.298. The highest BCUT2D eigenvalue weighted by Gasteiger charge is 2.38. The molecule has 11 heteroatoms. The lowest BCUT2D eigenvalue weighted by atomic mass is 9.74. The number of terminal acetylenes is 1. The number of carbonyl (C=O) groups is 4. The second-order valence-corrected chi connectivity index (χ2v) is 19.7. The van der Waals surface area contributed by atoms with E-state index in [0.29, 0.717) is 16.7 Å². The van der Waals surface area contributed by atoms with Crippen LogP contribution in [0.4, 0.5) is 9.59 Å². The van der Waals surface area contributed by atoms with Gasteiger partial charge in [0, 0.05) is 59.9 Å². The summed E-state index contributed by atoms with van der Waals surface area (Å²) < 4.78 is 6.46. The van der Waals surface area contributed by atoms with Crippen molar-refractivity contribution in [2.45, 2.75) is 78.6 Å². The molecule has 68 heavy (non-hydrogen) atoms. The van der Waals surface area contributed by atoms with E-state index in [9.17, 15) is 19.8 Å². The van der Waals surface area contributed by atoms with Crippen molar-refractivity contribution in [3.05, 3.63) is 148 Å². The monoisotopic (exact) mass is 912 g/mol. The molecule has 0 aliphatic carbocycles. The van der Waals surface area contributed by atoms with Crippen molar-refractivity contribution in [3.8, 4) is 18.1 Å². The minimum absolute atomic E-state index is 0.145. The van der Waals surface area contributed by atoms with Gasteiger partial charge in [-0.15, -0.1) is 6.42 Å². The fourth-order valence-electron chi connectivity index (χ4n) is 9.54. The number of rotatable bonds is 12. The van der Waals surface area contributed by atoms with Gasteiger partial charge < -0.3 is 34.5 Å². The first-order chi connectivity index (χ1) is 32.1. The zero-order valence-corrected chi connectivity index (χ0v) is 40.7.